The molecule has 1 aliphatic rings. The van der Waals surface area contributed by atoms with E-state index in [4.69, 9.17) is 10.7 Å². The van der Waals surface area contributed by atoms with Crippen LogP contribution in [0.25, 0.3) is 10.6 Å². The Bertz CT molecular complexity index is 509. The molecule has 0 atom stereocenters. The zero-order chi connectivity index (χ0) is 11.2. The molecule has 4 heteroatoms. The van der Waals surface area contributed by atoms with Crippen LogP contribution in [-0.2, 0) is 5.54 Å². The quantitative estimate of drug-likeness (QED) is 0.885. The van der Waals surface area contributed by atoms with Gasteiger partial charge in [-0.2, -0.15) is 0 Å². The average Bonchev–Trinajstić information content (AvgIpc) is 2.82. The molecule has 1 fully saturated rings. The fraction of sp³-hybridized carbons (Fsp3) is 0.417. The second-order valence-electron chi connectivity index (χ2n) is 4.46. The van der Waals surface area contributed by atoms with Gasteiger partial charge in [0.2, 0.25) is 0 Å². The van der Waals surface area contributed by atoms with E-state index in [2.05, 4.69) is 24.4 Å². The minimum atomic E-state index is -0.116. The molecule has 2 aromatic rings. The highest BCUT2D eigenvalue weighted by molar-refractivity contribution is 7.16. The highest BCUT2D eigenvalue weighted by atomic mass is 32.1. The summed E-state index contributed by atoms with van der Waals surface area (Å²) in [5, 5.41) is 3.24. The number of aryl methyl sites for hydroxylation is 1. The number of hydrogen-bond acceptors (Lipinski definition) is 4. The van der Waals surface area contributed by atoms with Crippen molar-refractivity contribution in [1.82, 2.24) is 4.98 Å². The molecule has 1 saturated carbocycles. The summed E-state index contributed by atoms with van der Waals surface area (Å²) in [6.45, 7) is 2.12. The van der Waals surface area contributed by atoms with Crippen LogP contribution in [0.4, 0.5) is 0 Å². The van der Waals surface area contributed by atoms with Crippen molar-refractivity contribution >= 4 is 22.7 Å². The van der Waals surface area contributed by atoms with Crippen LogP contribution >= 0.6 is 22.7 Å². The van der Waals surface area contributed by atoms with E-state index in [1.165, 1.54) is 16.2 Å². The van der Waals surface area contributed by atoms with Crippen LogP contribution in [0.1, 0.15) is 29.1 Å². The maximum atomic E-state index is 6.27. The number of thiazole rings is 1. The Morgan fingerprint density at radius 1 is 1.38 bits per heavy atom. The maximum absolute atomic E-state index is 6.27. The van der Waals surface area contributed by atoms with E-state index in [-0.39, 0.29) is 5.54 Å². The summed E-state index contributed by atoms with van der Waals surface area (Å²) < 4.78 is 0. The summed E-state index contributed by atoms with van der Waals surface area (Å²) in [4.78, 5) is 7.27. The Balaban J connectivity index is 1.93. The van der Waals surface area contributed by atoms with Gasteiger partial charge in [-0.1, -0.05) is 0 Å². The van der Waals surface area contributed by atoms with E-state index in [0.29, 0.717) is 0 Å². The van der Waals surface area contributed by atoms with Gasteiger partial charge in [-0.25, -0.2) is 4.98 Å². The summed E-state index contributed by atoms with van der Waals surface area (Å²) in [5.41, 5.74) is 7.25. The third-order valence-electron chi connectivity index (χ3n) is 3.17. The monoisotopic (exact) mass is 250 g/mol. The molecule has 0 bridgehead atoms. The van der Waals surface area contributed by atoms with Crippen molar-refractivity contribution in [2.45, 2.75) is 31.7 Å². The summed E-state index contributed by atoms with van der Waals surface area (Å²) >= 11 is 3.50. The lowest BCUT2D eigenvalue weighted by atomic mass is 9.78. The smallest absolute Gasteiger partial charge is 0.113 e. The number of hydrogen-bond donors (Lipinski definition) is 1. The van der Waals surface area contributed by atoms with Gasteiger partial charge in [-0.3, -0.25) is 0 Å². The normalized spacial score (nSPS) is 18.4. The number of aromatic nitrogens is 1. The first-order valence-corrected chi connectivity index (χ1v) is 7.19. The number of thiophene rings is 1. The Hall–Kier alpha value is -0.710. The van der Waals surface area contributed by atoms with E-state index >= 15 is 0 Å². The van der Waals surface area contributed by atoms with Crippen LogP contribution in [0, 0.1) is 6.92 Å². The predicted octanol–water partition coefficient (Wildman–Crippen LogP) is 3.52. The first kappa shape index (κ1) is 10.4. The SMILES string of the molecule is Cc1ccc(-c2csc(C3(N)CCC3)n2)s1. The van der Waals surface area contributed by atoms with Crippen molar-refractivity contribution in [3.8, 4) is 10.6 Å². The lowest BCUT2D eigenvalue weighted by Crippen LogP contribution is -2.43. The molecule has 2 N–H and O–H groups in total. The summed E-state index contributed by atoms with van der Waals surface area (Å²) in [5.74, 6) is 0. The van der Waals surface area contributed by atoms with E-state index in [1.54, 1.807) is 22.7 Å². The Morgan fingerprint density at radius 3 is 2.75 bits per heavy atom. The van der Waals surface area contributed by atoms with Gasteiger partial charge < -0.3 is 5.73 Å². The average molecular weight is 250 g/mol. The summed E-state index contributed by atoms with van der Waals surface area (Å²) in [7, 11) is 0. The van der Waals surface area contributed by atoms with Crippen molar-refractivity contribution < 1.29 is 0 Å². The van der Waals surface area contributed by atoms with Crippen LogP contribution in [0.5, 0.6) is 0 Å². The van der Waals surface area contributed by atoms with Crippen molar-refractivity contribution in [2.75, 3.05) is 0 Å². The fourth-order valence-electron chi connectivity index (χ4n) is 1.96. The zero-order valence-corrected chi connectivity index (χ0v) is 10.8. The zero-order valence-electron chi connectivity index (χ0n) is 9.19. The topological polar surface area (TPSA) is 38.9 Å². The molecule has 16 heavy (non-hydrogen) atoms. The lowest BCUT2D eigenvalue weighted by molar-refractivity contribution is 0.253. The van der Waals surface area contributed by atoms with E-state index < -0.39 is 0 Å². The highest BCUT2D eigenvalue weighted by Gasteiger charge is 2.37. The Kier molecular flexibility index (Phi) is 2.38. The molecule has 0 saturated heterocycles. The molecule has 2 nitrogen and oxygen atoms in total. The number of rotatable bonds is 2. The van der Waals surface area contributed by atoms with E-state index in [0.717, 1.165) is 23.5 Å². The van der Waals surface area contributed by atoms with Crippen LogP contribution in [0.3, 0.4) is 0 Å². The van der Waals surface area contributed by atoms with Gasteiger partial charge in [0.05, 0.1) is 16.1 Å². The first-order chi connectivity index (χ1) is 7.67. The predicted molar refractivity (Wildman–Crippen MR) is 69.9 cm³/mol. The van der Waals surface area contributed by atoms with Gasteiger partial charge >= 0.3 is 0 Å². The fourth-order valence-corrected chi connectivity index (χ4v) is 3.85. The summed E-state index contributed by atoms with van der Waals surface area (Å²) in [6, 6.07) is 4.28. The van der Waals surface area contributed by atoms with Gasteiger partial charge in [-0.15, -0.1) is 22.7 Å². The van der Waals surface area contributed by atoms with Gasteiger partial charge in [0.15, 0.2) is 0 Å². The Morgan fingerprint density at radius 2 is 2.19 bits per heavy atom. The third kappa shape index (κ3) is 1.61. The van der Waals surface area contributed by atoms with E-state index in [9.17, 15) is 0 Å². The Labute approximate surface area is 103 Å². The molecular weight excluding hydrogens is 236 g/mol. The van der Waals surface area contributed by atoms with Crippen molar-refractivity contribution in [1.29, 1.82) is 0 Å². The molecule has 2 aromatic heterocycles. The number of nitrogens with zero attached hydrogens (tertiary/aromatic N) is 1. The molecule has 0 aromatic carbocycles. The molecule has 1 aliphatic carbocycles. The third-order valence-corrected chi connectivity index (χ3v) is 5.25. The van der Waals surface area contributed by atoms with Crippen LogP contribution < -0.4 is 5.73 Å². The minimum absolute atomic E-state index is 0.116. The second-order valence-corrected chi connectivity index (χ2v) is 6.60. The van der Waals surface area contributed by atoms with Crippen molar-refractivity contribution in [3.05, 3.63) is 27.4 Å². The van der Waals surface area contributed by atoms with Crippen molar-refractivity contribution in [2.24, 2.45) is 5.73 Å². The van der Waals surface area contributed by atoms with E-state index in [1.807, 2.05) is 0 Å². The van der Waals surface area contributed by atoms with Crippen molar-refractivity contribution in [3.63, 3.8) is 0 Å². The standard InChI is InChI=1S/C12H14N2S2/c1-8-3-4-10(16-8)9-7-15-11(14-9)12(13)5-2-6-12/h3-4,7H,2,5-6,13H2,1H3. The summed E-state index contributed by atoms with van der Waals surface area (Å²) in [6.07, 6.45) is 3.41. The van der Waals surface area contributed by atoms with Crippen LogP contribution in [-0.4, -0.2) is 4.98 Å². The number of nitrogens with two attached hydrogens (primary N) is 1. The molecule has 0 aliphatic heterocycles. The molecule has 0 spiro atoms. The maximum Gasteiger partial charge on any atom is 0.113 e. The first-order valence-electron chi connectivity index (χ1n) is 5.49. The largest absolute Gasteiger partial charge is 0.319 e. The molecule has 0 amide bonds. The van der Waals surface area contributed by atoms with Gasteiger partial charge in [-0.05, 0) is 38.3 Å². The molecule has 0 radical (unpaired) electrons. The second kappa shape index (κ2) is 3.65. The molecular formula is C12H14N2S2. The molecule has 84 valence electrons. The van der Waals surface area contributed by atoms with Gasteiger partial charge in [0, 0.05) is 10.3 Å². The molecule has 2 heterocycles. The molecule has 0 unspecified atom stereocenters. The van der Waals surface area contributed by atoms with Crippen LogP contribution in [0.15, 0.2) is 17.5 Å². The minimum Gasteiger partial charge on any atom is -0.319 e. The van der Waals surface area contributed by atoms with Crippen LogP contribution in [0.2, 0.25) is 0 Å². The van der Waals surface area contributed by atoms with Gasteiger partial charge in [0.1, 0.15) is 5.01 Å². The van der Waals surface area contributed by atoms with Gasteiger partial charge in [0.25, 0.3) is 0 Å². The molecule has 3 rings (SSSR count). The lowest BCUT2D eigenvalue weighted by Gasteiger charge is -2.35. The highest BCUT2D eigenvalue weighted by Crippen LogP contribution is 2.41.